The molecule has 0 aromatic rings. The number of allylic oxidation sites excluding steroid dienone is 18. The number of esters is 3. The van der Waals surface area contributed by atoms with Crippen molar-refractivity contribution in [3.63, 3.8) is 0 Å². The zero-order valence-corrected chi connectivity index (χ0v) is 40.5. The Morgan fingerprint density at radius 1 is 0.333 bits per heavy atom. The van der Waals surface area contributed by atoms with Crippen LogP contribution in [-0.4, -0.2) is 37.2 Å². The van der Waals surface area contributed by atoms with E-state index in [-0.39, 0.29) is 31.1 Å². The Bertz CT molecular complexity index is 1330. The van der Waals surface area contributed by atoms with E-state index in [9.17, 15) is 14.4 Å². The molecule has 1 atom stereocenters. The van der Waals surface area contributed by atoms with Gasteiger partial charge in [-0.15, -0.1) is 0 Å². The van der Waals surface area contributed by atoms with E-state index < -0.39 is 6.10 Å². The molecule has 0 bridgehead atoms. The first-order valence-corrected chi connectivity index (χ1v) is 25.5. The monoisotopic (exact) mass is 873 g/mol. The van der Waals surface area contributed by atoms with Gasteiger partial charge in [0.2, 0.25) is 0 Å². The van der Waals surface area contributed by atoms with Crippen LogP contribution in [-0.2, 0) is 28.6 Å². The predicted octanol–water partition coefficient (Wildman–Crippen LogP) is 16.8. The fourth-order valence-corrected chi connectivity index (χ4v) is 6.66. The fourth-order valence-electron chi connectivity index (χ4n) is 6.66. The van der Waals surface area contributed by atoms with E-state index in [2.05, 4.69) is 75.5 Å². The highest BCUT2D eigenvalue weighted by molar-refractivity contribution is 5.71. The minimum atomic E-state index is -0.801. The molecule has 0 spiro atoms. The summed E-state index contributed by atoms with van der Waals surface area (Å²) in [5.41, 5.74) is 0. The lowest BCUT2D eigenvalue weighted by Crippen LogP contribution is -2.30. The zero-order valence-electron chi connectivity index (χ0n) is 40.5. The first kappa shape index (κ1) is 59.1. The van der Waals surface area contributed by atoms with Crippen molar-refractivity contribution in [2.75, 3.05) is 13.2 Å². The molecule has 0 aliphatic rings. The van der Waals surface area contributed by atoms with Crippen molar-refractivity contribution in [2.45, 2.75) is 219 Å². The molecule has 6 nitrogen and oxygen atoms in total. The Morgan fingerprint density at radius 3 is 1.03 bits per heavy atom. The number of hydrogen-bond acceptors (Lipinski definition) is 6. The molecule has 0 aliphatic heterocycles. The molecule has 1 unspecified atom stereocenters. The summed E-state index contributed by atoms with van der Waals surface area (Å²) in [6.45, 7) is 6.35. The second kappa shape index (κ2) is 50.7. The van der Waals surface area contributed by atoms with E-state index in [0.717, 1.165) is 109 Å². The lowest BCUT2D eigenvalue weighted by atomic mass is 10.0. The molecule has 63 heavy (non-hydrogen) atoms. The number of carbonyl (C=O) groups excluding carboxylic acids is 3. The molecule has 0 aliphatic carbocycles. The standard InChI is InChI=1S/C57H92O6/c1-4-7-10-13-16-19-22-25-27-28-29-31-32-35-38-41-44-47-50-56(59)62-53-54(52-61-55(58)49-46-43-40-37-34-24-21-18-15-12-9-6-3)63-57(60)51-48-45-42-39-36-33-30-26-23-20-17-14-11-8-5-2/h8,10-11,13-14,16-17,19-20,22-23,25-31,54H,4-7,9,12,15,18,21,24,32-53H2,1-3H3/b11-8-,13-10-,17-14-,19-16-,23-20-,25-22-,28-27-,30-26-,31-29-. The average Bonchev–Trinajstić information content (AvgIpc) is 3.28. The summed E-state index contributed by atoms with van der Waals surface area (Å²) in [5, 5.41) is 0. The smallest absolute Gasteiger partial charge is 0.306 e. The van der Waals surface area contributed by atoms with E-state index in [1.165, 1.54) is 64.2 Å². The van der Waals surface area contributed by atoms with Gasteiger partial charge in [-0.05, 0) is 57.8 Å². The van der Waals surface area contributed by atoms with E-state index in [1.807, 2.05) is 54.7 Å². The third-order valence-corrected chi connectivity index (χ3v) is 10.5. The van der Waals surface area contributed by atoms with Gasteiger partial charge in [0, 0.05) is 19.3 Å². The van der Waals surface area contributed by atoms with Gasteiger partial charge in [-0.25, -0.2) is 0 Å². The van der Waals surface area contributed by atoms with Gasteiger partial charge >= 0.3 is 17.9 Å². The normalized spacial score (nSPS) is 13.0. The van der Waals surface area contributed by atoms with Gasteiger partial charge < -0.3 is 14.2 Å². The Hall–Kier alpha value is -3.93. The van der Waals surface area contributed by atoms with Crippen molar-refractivity contribution >= 4 is 17.9 Å². The van der Waals surface area contributed by atoms with Crippen LogP contribution in [0.25, 0.3) is 0 Å². The van der Waals surface area contributed by atoms with Gasteiger partial charge in [0.15, 0.2) is 6.10 Å². The van der Waals surface area contributed by atoms with Crippen molar-refractivity contribution in [2.24, 2.45) is 0 Å². The van der Waals surface area contributed by atoms with Gasteiger partial charge in [0.1, 0.15) is 13.2 Å². The van der Waals surface area contributed by atoms with Crippen LogP contribution in [0.4, 0.5) is 0 Å². The average molecular weight is 873 g/mol. The second-order valence-electron chi connectivity index (χ2n) is 16.6. The molecule has 356 valence electrons. The van der Waals surface area contributed by atoms with Crippen molar-refractivity contribution in [3.05, 3.63) is 109 Å². The highest BCUT2D eigenvalue weighted by atomic mass is 16.6. The highest BCUT2D eigenvalue weighted by Crippen LogP contribution is 2.14. The summed E-state index contributed by atoms with van der Waals surface area (Å²) in [7, 11) is 0. The molecule has 0 amide bonds. The zero-order chi connectivity index (χ0) is 45.8. The number of rotatable bonds is 44. The maximum Gasteiger partial charge on any atom is 0.306 e. The Kier molecular flexibility index (Phi) is 47.5. The SMILES string of the molecule is CC\C=C/C=C\C=C/C=C\CCCCCCCC(=O)OC(COC(=O)CCCCCCC\C=C/C=C\C=C/C=C\C=C/CCC)COC(=O)CCCCCCCCCCCCCC. The Labute approximate surface area is 387 Å². The van der Waals surface area contributed by atoms with Crippen LogP contribution in [0, 0.1) is 0 Å². The van der Waals surface area contributed by atoms with Crippen molar-refractivity contribution in [1.82, 2.24) is 0 Å². The molecule has 0 heterocycles. The van der Waals surface area contributed by atoms with Crippen LogP contribution >= 0.6 is 0 Å². The number of unbranched alkanes of at least 4 members (excludes halogenated alkanes) is 22. The van der Waals surface area contributed by atoms with Gasteiger partial charge in [-0.2, -0.15) is 0 Å². The van der Waals surface area contributed by atoms with E-state index in [4.69, 9.17) is 14.2 Å². The summed E-state index contributed by atoms with van der Waals surface area (Å²) < 4.78 is 16.8. The van der Waals surface area contributed by atoms with Crippen LogP contribution in [0.15, 0.2) is 109 Å². The predicted molar refractivity (Wildman–Crippen MR) is 270 cm³/mol. The molecule has 6 heteroatoms. The Morgan fingerprint density at radius 2 is 0.651 bits per heavy atom. The quantitative estimate of drug-likeness (QED) is 0.0263. The summed E-state index contributed by atoms with van der Waals surface area (Å²) >= 11 is 0. The Balaban J connectivity index is 4.49. The first-order valence-electron chi connectivity index (χ1n) is 25.5. The molecular weight excluding hydrogens is 781 g/mol. The minimum absolute atomic E-state index is 0.0969. The third kappa shape index (κ3) is 49.0. The number of ether oxygens (including phenoxy) is 3. The van der Waals surface area contributed by atoms with E-state index in [1.54, 1.807) is 0 Å². The molecule has 0 saturated carbocycles. The van der Waals surface area contributed by atoms with E-state index >= 15 is 0 Å². The van der Waals surface area contributed by atoms with Crippen molar-refractivity contribution in [3.8, 4) is 0 Å². The van der Waals surface area contributed by atoms with Gasteiger partial charge in [0.05, 0.1) is 0 Å². The van der Waals surface area contributed by atoms with Crippen LogP contribution in [0.2, 0.25) is 0 Å². The topological polar surface area (TPSA) is 78.9 Å². The molecule has 0 aromatic heterocycles. The van der Waals surface area contributed by atoms with Crippen LogP contribution in [0.5, 0.6) is 0 Å². The first-order chi connectivity index (χ1) is 31.0. The van der Waals surface area contributed by atoms with Gasteiger partial charge in [0.25, 0.3) is 0 Å². The van der Waals surface area contributed by atoms with Crippen molar-refractivity contribution < 1.29 is 28.6 Å². The number of carbonyl (C=O) groups is 3. The highest BCUT2D eigenvalue weighted by Gasteiger charge is 2.19. The molecular formula is C57H92O6. The van der Waals surface area contributed by atoms with Crippen LogP contribution < -0.4 is 0 Å². The van der Waals surface area contributed by atoms with Crippen LogP contribution in [0.3, 0.4) is 0 Å². The summed E-state index contributed by atoms with van der Waals surface area (Å²) in [6.07, 6.45) is 67.7. The van der Waals surface area contributed by atoms with Gasteiger partial charge in [-0.1, -0.05) is 246 Å². The molecule has 0 rings (SSSR count). The molecule has 0 N–H and O–H groups in total. The lowest BCUT2D eigenvalue weighted by Gasteiger charge is -2.18. The third-order valence-electron chi connectivity index (χ3n) is 10.5. The largest absolute Gasteiger partial charge is 0.462 e. The van der Waals surface area contributed by atoms with Crippen molar-refractivity contribution in [1.29, 1.82) is 0 Å². The van der Waals surface area contributed by atoms with E-state index in [0.29, 0.717) is 19.3 Å². The lowest BCUT2D eigenvalue weighted by molar-refractivity contribution is -0.167. The maximum atomic E-state index is 12.8. The second-order valence-corrected chi connectivity index (χ2v) is 16.6. The molecule has 0 aromatic carbocycles. The van der Waals surface area contributed by atoms with Gasteiger partial charge in [-0.3, -0.25) is 14.4 Å². The fraction of sp³-hybridized carbons (Fsp3) is 0.632. The molecule has 0 radical (unpaired) electrons. The minimum Gasteiger partial charge on any atom is -0.462 e. The summed E-state index contributed by atoms with van der Waals surface area (Å²) in [5.74, 6) is -0.951. The molecule has 0 saturated heterocycles. The molecule has 0 fully saturated rings. The van der Waals surface area contributed by atoms with Crippen LogP contribution in [0.1, 0.15) is 213 Å². The maximum absolute atomic E-state index is 12.8. The summed E-state index contributed by atoms with van der Waals surface area (Å²) in [4.78, 5) is 38.0. The summed E-state index contributed by atoms with van der Waals surface area (Å²) in [6, 6.07) is 0. The number of hydrogen-bond donors (Lipinski definition) is 0.